The van der Waals surface area contributed by atoms with E-state index in [-0.39, 0.29) is 11.9 Å². The summed E-state index contributed by atoms with van der Waals surface area (Å²) in [5, 5.41) is 0. The normalized spacial score (nSPS) is 10.2. The Hall–Kier alpha value is -3.02. The van der Waals surface area contributed by atoms with Crippen molar-refractivity contribution in [1.82, 2.24) is 0 Å². The molecular formula is C22H26O6. The molecule has 0 spiro atoms. The Bertz CT molecular complexity index is 671. The molecule has 0 aliphatic carbocycles. The fourth-order valence-electron chi connectivity index (χ4n) is 2.39. The number of rotatable bonds is 11. The van der Waals surface area contributed by atoms with Crippen LogP contribution in [0.25, 0.3) is 0 Å². The van der Waals surface area contributed by atoms with E-state index < -0.39 is 0 Å². The summed E-state index contributed by atoms with van der Waals surface area (Å²) in [4.78, 5) is 23.2. The monoisotopic (exact) mass is 386 g/mol. The summed E-state index contributed by atoms with van der Waals surface area (Å²) in [7, 11) is 0. The molecule has 0 heterocycles. The summed E-state index contributed by atoms with van der Waals surface area (Å²) in [6.07, 6.45) is 1.67. The van der Waals surface area contributed by atoms with E-state index in [4.69, 9.17) is 18.9 Å². The van der Waals surface area contributed by atoms with Crippen LogP contribution >= 0.6 is 0 Å². The average Bonchev–Trinajstić information content (AvgIpc) is 2.72. The molecule has 2 aromatic carbocycles. The fourth-order valence-corrected chi connectivity index (χ4v) is 2.39. The van der Waals surface area contributed by atoms with Gasteiger partial charge in [-0.1, -0.05) is 0 Å². The second-order valence-corrected chi connectivity index (χ2v) is 5.89. The lowest BCUT2D eigenvalue weighted by atomic mass is 10.2. The van der Waals surface area contributed by atoms with Crippen molar-refractivity contribution in [2.24, 2.45) is 0 Å². The number of benzene rings is 2. The average molecular weight is 386 g/mol. The van der Waals surface area contributed by atoms with Crippen molar-refractivity contribution in [3.05, 3.63) is 59.7 Å². The van der Waals surface area contributed by atoms with Crippen molar-refractivity contribution >= 4 is 11.9 Å². The lowest BCUT2D eigenvalue weighted by Gasteiger charge is -2.09. The van der Waals surface area contributed by atoms with Crippen molar-refractivity contribution < 1.29 is 28.5 Å². The molecule has 0 amide bonds. The zero-order valence-corrected chi connectivity index (χ0v) is 16.3. The van der Waals surface area contributed by atoms with Crippen molar-refractivity contribution in [1.29, 1.82) is 0 Å². The Morgan fingerprint density at radius 3 is 1.32 bits per heavy atom. The van der Waals surface area contributed by atoms with Gasteiger partial charge in [0.2, 0.25) is 0 Å². The lowest BCUT2D eigenvalue weighted by Crippen LogP contribution is -2.05. The van der Waals surface area contributed by atoms with Crippen LogP contribution in [0, 0.1) is 0 Å². The second kappa shape index (κ2) is 11.6. The van der Waals surface area contributed by atoms with Crippen LogP contribution in [0.3, 0.4) is 0 Å². The van der Waals surface area contributed by atoms with Gasteiger partial charge in [0.15, 0.2) is 0 Å². The Balaban J connectivity index is 1.63. The molecule has 0 unspecified atom stereocenters. The fraction of sp³-hybridized carbons (Fsp3) is 0.364. The predicted molar refractivity (Wildman–Crippen MR) is 105 cm³/mol. The summed E-state index contributed by atoms with van der Waals surface area (Å²) in [5.41, 5.74) is 1.02. The molecule has 0 bridgehead atoms. The van der Waals surface area contributed by atoms with Gasteiger partial charge in [-0.05, 0) is 75.2 Å². The van der Waals surface area contributed by atoms with E-state index in [1.165, 1.54) is 0 Å². The maximum absolute atomic E-state index is 11.6. The number of unbranched alkanes of at least 4 members (excludes halogenated alkanes) is 1. The van der Waals surface area contributed by atoms with Crippen LogP contribution in [0.15, 0.2) is 48.5 Å². The molecule has 0 aromatic heterocycles. The van der Waals surface area contributed by atoms with Crippen LogP contribution in [0.1, 0.15) is 47.4 Å². The summed E-state index contributed by atoms with van der Waals surface area (Å²) < 4.78 is 21.2. The molecule has 0 fully saturated rings. The maximum Gasteiger partial charge on any atom is 0.338 e. The number of ether oxygens (including phenoxy) is 4. The van der Waals surface area contributed by atoms with E-state index in [1.54, 1.807) is 62.4 Å². The highest BCUT2D eigenvalue weighted by Gasteiger charge is 2.07. The minimum Gasteiger partial charge on any atom is -0.494 e. The number of carbonyl (C=O) groups excluding carboxylic acids is 2. The number of esters is 2. The van der Waals surface area contributed by atoms with Gasteiger partial charge in [0.25, 0.3) is 0 Å². The molecule has 0 saturated heterocycles. The van der Waals surface area contributed by atoms with Crippen LogP contribution in [-0.2, 0) is 9.47 Å². The molecule has 0 aliphatic heterocycles. The molecular weight excluding hydrogens is 360 g/mol. The highest BCUT2D eigenvalue weighted by atomic mass is 16.5. The zero-order valence-electron chi connectivity index (χ0n) is 16.3. The van der Waals surface area contributed by atoms with E-state index in [2.05, 4.69) is 0 Å². The van der Waals surface area contributed by atoms with Crippen molar-refractivity contribution in [2.75, 3.05) is 26.4 Å². The first kappa shape index (κ1) is 21.3. The standard InChI is InChI=1S/C22H26O6/c1-3-25-21(23)17-7-11-19(12-8-17)27-15-5-6-16-28-20-13-9-18(10-14-20)22(24)26-4-2/h7-14H,3-6,15-16H2,1-2H3. The highest BCUT2D eigenvalue weighted by Crippen LogP contribution is 2.15. The highest BCUT2D eigenvalue weighted by molar-refractivity contribution is 5.89. The Morgan fingerprint density at radius 2 is 1.00 bits per heavy atom. The molecule has 0 saturated carbocycles. The van der Waals surface area contributed by atoms with Crippen LogP contribution in [0.5, 0.6) is 11.5 Å². The van der Waals surface area contributed by atoms with Gasteiger partial charge in [0.1, 0.15) is 11.5 Å². The SMILES string of the molecule is CCOC(=O)c1ccc(OCCCCOc2ccc(C(=O)OCC)cc2)cc1. The smallest absolute Gasteiger partial charge is 0.338 e. The lowest BCUT2D eigenvalue weighted by molar-refractivity contribution is 0.0516. The molecule has 6 heteroatoms. The Morgan fingerprint density at radius 1 is 0.643 bits per heavy atom. The van der Waals surface area contributed by atoms with Gasteiger partial charge in [0, 0.05) is 0 Å². The second-order valence-electron chi connectivity index (χ2n) is 5.89. The van der Waals surface area contributed by atoms with Gasteiger partial charge < -0.3 is 18.9 Å². The first-order valence-electron chi connectivity index (χ1n) is 9.44. The van der Waals surface area contributed by atoms with Crippen LogP contribution in [-0.4, -0.2) is 38.4 Å². The van der Waals surface area contributed by atoms with E-state index in [0.717, 1.165) is 12.8 Å². The van der Waals surface area contributed by atoms with Gasteiger partial charge in [-0.15, -0.1) is 0 Å². The summed E-state index contributed by atoms with van der Waals surface area (Å²) >= 11 is 0. The van der Waals surface area contributed by atoms with E-state index >= 15 is 0 Å². The van der Waals surface area contributed by atoms with Crippen molar-refractivity contribution in [3.63, 3.8) is 0 Å². The molecule has 2 aromatic rings. The van der Waals surface area contributed by atoms with Crippen molar-refractivity contribution in [2.45, 2.75) is 26.7 Å². The zero-order chi connectivity index (χ0) is 20.2. The maximum atomic E-state index is 11.6. The minimum absolute atomic E-state index is 0.332. The molecule has 0 N–H and O–H groups in total. The Kier molecular flexibility index (Phi) is 8.85. The molecule has 0 aliphatic rings. The predicted octanol–water partition coefficient (Wildman–Crippen LogP) is 4.28. The van der Waals surface area contributed by atoms with E-state index in [9.17, 15) is 9.59 Å². The van der Waals surface area contributed by atoms with Gasteiger partial charge in [-0.3, -0.25) is 0 Å². The molecule has 0 radical (unpaired) electrons. The first-order chi connectivity index (χ1) is 13.6. The topological polar surface area (TPSA) is 71.1 Å². The van der Waals surface area contributed by atoms with Crippen LogP contribution in [0.4, 0.5) is 0 Å². The van der Waals surface area contributed by atoms with Gasteiger partial charge in [-0.2, -0.15) is 0 Å². The van der Waals surface area contributed by atoms with Crippen molar-refractivity contribution in [3.8, 4) is 11.5 Å². The molecule has 6 nitrogen and oxygen atoms in total. The molecule has 0 atom stereocenters. The third-order valence-corrected chi connectivity index (χ3v) is 3.81. The van der Waals surface area contributed by atoms with Crippen LogP contribution < -0.4 is 9.47 Å². The molecule has 150 valence electrons. The third-order valence-electron chi connectivity index (χ3n) is 3.81. The quantitative estimate of drug-likeness (QED) is 0.424. The van der Waals surface area contributed by atoms with E-state index in [0.29, 0.717) is 49.1 Å². The number of hydrogen-bond acceptors (Lipinski definition) is 6. The first-order valence-corrected chi connectivity index (χ1v) is 9.44. The summed E-state index contributed by atoms with van der Waals surface area (Å²) in [6.45, 7) is 5.38. The molecule has 2 rings (SSSR count). The third kappa shape index (κ3) is 6.95. The summed E-state index contributed by atoms with van der Waals surface area (Å²) in [5.74, 6) is 0.759. The minimum atomic E-state index is -0.332. The number of carbonyl (C=O) groups is 2. The van der Waals surface area contributed by atoms with Gasteiger partial charge >= 0.3 is 11.9 Å². The van der Waals surface area contributed by atoms with Gasteiger partial charge in [-0.25, -0.2) is 9.59 Å². The molecule has 28 heavy (non-hydrogen) atoms. The van der Waals surface area contributed by atoms with Gasteiger partial charge in [0.05, 0.1) is 37.6 Å². The number of hydrogen-bond donors (Lipinski definition) is 0. The largest absolute Gasteiger partial charge is 0.494 e. The summed E-state index contributed by atoms with van der Waals surface area (Å²) in [6, 6.07) is 13.8. The Labute approximate surface area is 165 Å². The van der Waals surface area contributed by atoms with Crippen LogP contribution in [0.2, 0.25) is 0 Å². The van der Waals surface area contributed by atoms with E-state index in [1.807, 2.05) is 0 Å².